The number of fused-ring (bicyclic) bond motifs is 1. The van der Waals surface area contributed by atoms with Gasteiger partial charge in [0.15, 0.2) is 11.7 Å². The van der Waals surface area contributed by atoms with Crippen LogP contribution in [0.25, 0.3) is 22.6 Å². The van der Waals surface area contributed by atoms with Gasteiger partial charge in [-0.2, -0.15) is 0 Å². The van der Waals surface area contributed by atoms with Crippen molar-refractivity contribution in [3.63, 3.8) is 0 Å². The summed E-state index contributed by atoms with van der Waals surface area (Å²) >= 11 is 0. The zero-order valence-electron chi connectivity index (χ0n) is 16.0. The number of carbonyl (C=O) groups excluding carboxylic acids is 1. The number of pyridine rings is 1. The second kappa shape index (κ2) is 8.02. The lowest BCUT2D eigenvalue weighted by Gasteiger charge is -2.15. The molecule has 0 fully saturated rings. The van der Waals surface area contributed by atoms with E-state index in [1.165, 1.54) is 0 Å². The molecule has 0 unspecified atom stereocenters. The van der Waals surface area contributed by atoms with Gasteiger partial charge in [-0.05, 0) is 61.5 Å². The number of methoxy groups -OCH3 is 1. The van der Waals surface area contributed by atoms with Gasteiger partial charge >= 0.3 is 0 Å². The van der Waals surface area contributed by atoms with E-state index < -0.39 is 6.10 Å². The molecule has 7 heteroatoms. The number of rotatable bonds is 6. The highest BCUT2D eigenvalue weighted by Gasteiger charge is 2.16. The third-order valence-corrected chi connectivity index (χ3v) is 4.32. The molecule has 0 saturated heterocycles. The summed E-state index contributed by atoms with van der Waals surface area (Å²) in [4.78, 5) is 21.0. The lowest BCUT2D eigenvalue weighted by Crippen LogP contribution is -2.30. The number of ether oxygens (including phenoxy) is 2. The minimum atomic E-state index is -0.677. The van der Waals surface area contributed by atoms with Crippen molar-refractivity contribution in [1.82, 2.24) is 9.97 Å². The Bertz CT molecular complexity index is 1120. The summed E-state index contributed by atoms with van der Waals surface area (Å²) in [6.45, 7) is 1.69. The third kappa shape index (κ3) is 4.19. The zero-order chi connectivity index (χ0) is 20.2. The maximum absolute atomic E-state index is 12.5. The van der Waals surface area contributed by atoms with E-state index in [9.17, 15) is 4.79 Å². The summed E-state index contributed by atoms with van der Waals surface area (Å²) in [6, 6.07) is 16.0. The van der Waals surface area contributed by atoms with Gasteiger partial charge in [-0.1, -0.05) is 0 Å². The molecule has 4 aromatic rings. The summed E-state index contributed by atoms with van der Waals surface area (Å²) in [5.74, 6) is 1.55. The Labute approximate surface area is 167 Å². The van der Waals surface area contributed by atoms with Crippen LogP contribution in [-0.4, -0.2) is 29.1 Å². The highest BCUT2D eigenvalue weighted by atomic mass is 16.5. The molecule has 1 amide bonds. The van der Waals surface area contributed by atoms with Crippen molar-refractivity contribution in [2.45, 2.75) is 13.0 Å². The fourth-order valence-corrected chi connectivity index (χ4v) is 2.78. The largest absolute Gasteiger partial charge is 0.497 e. The molecule has 29 heavy (non-hydrogen) atoms. The number of hydrogen-bond donors (Lipinski definition) is 1. The predicted molar refractivity (Wildman–Crippen MR) is 109 cm³/mol. The minimum Gasteiger partial charge on any atom is -0.497 e. The molecule has 1 N–H and O–H groups in total. The van der Waals surface area contributed by atoms with E-state index in [0.717, 1.165) is 11.3 Å². The van der Waals surface area contributed by atoms with Gasteiger partial charge in [-0.25, -0.2) is 4.98 Å². The fourth-order valence-electron chi connectivity index (χ4n) is 2.78. The van der Waals surface area contributed by atoms with E-state index in [1.54, 1.807) is 68.9 Å². The third-order valence-electron chi connectivity index (χ3n) is 4.32. The maximum Gasteiger partial charge on any atom is 0.265 e. The van der Waals surface area contributed by atoms with Gasteiger partial charge in [-0.3, -0.25) is 9.78 Å². The Morgan fingerprint density at radius 1 is 1.03 bits per heavy atom. The van der Waals surface area contributed by atoms with Crippen LogP contribution in [0.1, 0.15) is 6.92 Å². The average molecular weight is 389 g/mol. The first-order valence-electron chi connectivity index (χ1n) is 9.05. The minimum absolute atomic E-state index is 0.266. The van der Waals surface area contributed by atoms with Gasteiger partial charge in [0.1, 0.15) is 17.0 Å². The lowest BCUT2D eigenvalue weighted by molar-refractivity contribution is -0.122. The molecule has 2 heterocycles. The van der Waals surface area contributed by atoms with E-state index in [0.29, 0.717) is 28.4 Å². The SMILES string of the molecule is COc1ccc(O[C@@H](C)C(=O)Nc2ccc3oc(-c4ccncc4)nc3c2)cc1. The van der Waals surface area contributed by atoms with Crippen LogP contribution in [0.2, 0.25) is 0 Å². The number of benzene rings is 2. The second-order valence-electron chi connectivity index (χ2n) is 6.36. The van der Waals surface area contributed by atoms with Crippen LogP contribution >= 0.6 is 0 Å². The summed E-state index contributed by atoms with van der Waals surface area (Å²) in [5, 5.41) is 2.85. The van der Waals surface area contributed by atoms with Crippen LogP contribution in [0, 0.1) is 0 Å². The van der Waals surface area contributed by atoms with Crippen LogP contribution in [0.15, 0.2) is 71.4 Å². The number of nitrogens with zero attached hydrogens (tertiary/aromatic N) is 2. The van der Waals surface area contributed by atoms with Crippen LogP contribution in [0.5, 0.6) is 11.5 Å². The summed E-state index contributed by atoms with van der Waals surface area (Å²) in [5.41, 5.74) is 2.74. The number of anilines is 1. The lowest BCUT2D eigenvalue weighted by atomic mass is 10.2. The van der Waals surface area contributed by atoms with Gasteiger partial charge in [0.2, 0.25) is 5.89 Å². The first-order valence-corrected chi connectivity index (χ1v) is 9.05. The van der Waals surface area contributed by atoms with Crippen molar-refractivity contribution >= 4 is 22.7 Å². The van der Waals surface area contributed by atoms with E-state index in [-0.39, 0.29) is 5.91 Å². The predicted octanol–water partition coefficient (Wildman–Crippen LogP) is 4.30. The zero-order valence-corrected chi connectivity index (χ0v) is 16.0. The smallest absolute Gasteiger partial charge is 0.265 e. The van der Waals surface area contributed by atoms with Crippen LogP contribution in [0.4, 0.5) is 5.69 Å². The van der Waals surface area contributed by atoms with E-state index >= 15 is 0 Å². The molecule has 2 aromatic heterocycles. The molecule has 4 rings (SSSR count). The van der Waals surface area contributed by atoms with E-state index in [2.05, 4.69) is 15.3 Å². The average Bonchev–Trinajstić information content (AvgIpc) is 3.18. The van der Waals surface area contributed by atoms with Gasteiger partial charge in [0.05, 0.1) is 7.11 Å². The first-order chi connectivity index (χ1) is 14.1. The summed E-state index contributed by atoms with van der Waals surface area (Å²) in [7, 11) is 1.59. The molecule has 146 valence electrons. The Kier molecular flexibility index (Phi) is 5.11. The van der Waals surface area contributed by atoms with E-state index in [1.807, 2.05) is 12.1 Å². The monoisotopic (exact) mass is 389 g/mol. The van der Waals surface area contributed by atoms with E-state index in [4.69, 9.17) is 13.9 Å². The topological polar surface area (TPSA) is 86.5 Å². The first kappa shape index (κ1) is 18.5. The molecule has 0 aliphatic carbocycles. The van der Waals surface area contributed by atoms with Crippen LogP contribution in [-0.2, 0) is 4.79 Å². The van der Waals surface area contributed by atoms with Crippen LogP contribution < -0.4 is 14.8 Å². The summed E-state index contributed by atoms with van der Waals surface area (Å²) in [6.07, 6.45) is 2.68. The molecule has 0 aliphatic rings. The fraction of sp³-hybridized carbons (Fsp3) is 0.136. The molecule has 2 aromatic carbocycles. The van der Waals surface area contributed by atoms with Crippen molar-refractivity contribution in [3.8, 4) is 23.0 Å². The van der Waals surface area contributed by atoms with Gasteiger partial charge in [-0.15, -0.1) is 0 Å². The Morgan fingerprint density at radius 3 is 2.48 bits per heavy atom. The second-order valence-corrected chi connectivity index (χ2v) is 6.36. The van der Waals surface area contributed by atoms with Crippen molar-refractivity contribution in [2.24, 2.45) is 0 Å². The quantitative estimate of drug-likeness (QED) is 0.529. The van der Waals surface area contributed by atoms with Crippen molar-refractivity contribution in [3.05, 3.63) is 67.0 Å². The number of nitrogens with one attached hydrogen (secondary N) is 1. The van der Waals surface area contributed by atoms with Gasteiger partial charge < -0.3 is 19.2 Å². The van der Waals surface area contributed by atoms with Gasteiger partial charge in [0.25, 0.3) is 5.91 Å². The molecule has 1 atom stereocenters. The highest BCUT2D eigenvalue weighted by Crippen LogP contribution is 2.26. The molecule has 0 saturated carbocycles. The van der Waals surface area contributed by atoms with Crippen molar-refractivity contribution < 1.29 is 18.7 Å². The highest BCUT2D eigenvalue weighted by molar-refractivity contribution is 5.95. The Hall–Kier alpha value is -3.87. The molecular formula is C22H19N3O4. The standard InChI is InChI=1S/C22H19N3O4/c1-14(28-18-6-4-17(27-2)5-7-18)21(26)24-16-3-8-20-19(13-16)25-22(29-20)15-9-11-23-12-10-15/h3-14H,1-2H3,(H,24,26)/t14-/m0/s1. The molecule has 0 bridgehead atoms. The number of carbonyl (C=O) groups is 1. The maximum atomic E-state index is 12.5. The Balaban J connectivity index is 1.45. The van der Waals surface area contributed by atoms with Crippen LogP contribution in [0.3, 0.4) is 0 Å². The summed E-state index contributed by atoms with van der Waals surface area (Å²) < 4.78 is 16.6. The number of hydrogen-bond acceptors (Lipinski definition) is 6. The number of aromatic nitrogens is 2. The molecule has 0 aliphatic heterocycles. The molecule has 7 nitrogen and oxygen atoms in total. The van der Waals surface area contributed by atoms with Crippen molar-refractivity contribution in [1.29, 1.82) is 0 Å². The molecule has 0 radical (unpaired) electrons. The van der Waals surface area contributed by atoms with Crippen molar-refractivity contribution in [2.75, 3.05) is 12.4 Å². The van der Waals surface area contributed by atoms with Gasteiger partial charge in [0, 0.05) is 23.6 Å². The number of amides is 1. The normalized spacial score (nSPS) is 11.8. The number of oxazole rings is 1. The molecule has 0 spiro atoms. The molecular weight excluding hydrogens is 370 g/mol. The Morgan fingerprint density at radius 2 is 1.76 bits per heavy atom.